The Morgan fingerprint density at radius 3 is 2.39 bits per heavy atom. The van der Waals surface area contributed by atoms with E-state index in [4.69, 9.17) is 0 Å². The number of hydrogen-bond acceptors (Lipinski definition) is 7. The largest absolute Gasteiger partial charge is 0.408 e. The molecule has 2 amide bonds. The average Bonchev–Trinajstić information content (AvgIpc) is 3.51. The number of fused-ring (bicyclic) bond motifs is 2. The third kappa shape index (κ3) is 4.68. The molecule has 12 heteroatoms. The second-order valence-electron chi connectivity index (χ2n) is 9.96. The minimum atomic E-state index is -4.42. The number of aliphatic hydroxyl groups is 1. The lowest BCUT2D eigenvalue weighted by atomic mass is 9.89. The first-order chi connectivity index (χ1) is 17.0. The van der Waals surface area contributed by atoms with E-state index >= 15 is 0 Å². The third-order valence-electron chi connectivity index (χ3n) is 7.37. The normalized spacial score (nSPS) is 26.0. The summed E-state index contributed by atoms with van der Waals surface area (Å²) < 4.78 is 38.9. The molecule has 0 spiro atoms. The van der Waals surface area contributed by atoms with Crippen LogP contribution in [0.2, 0.25) is 0 Å². The molecule has 1 saturated carbocycles. The van der Waals surface area contributed by atoms with Gasteiger partial charge in [-0.25, -0.2) is 9.97 Å². The van der Waals surface area contributed by atoms with Crippen molar-refractivity contribution in [2.45, 2.75) is 88.8 Å². The summed E-state index contributed by atoms with van der Waals surface area (Å²) in [6.45, 7) is 2.74. The van der Waals surface area contributed by atoms with Gasteiger partial charge in [-0.1, -0.05) is 0 Å². The fourth-order valence-corrected chi connectivity index (χ4v) is 6.28. The lowest BCUT2D eigenvalue weighted by molar-refractivity contribution is -0.138. The highest BCUT2D eigenvalue weighted by atomic mass is 32.1. The van der Waals surface area contributed by atoms with E-state index in [1.165, 1.54) is 12.3 Å². The van der Waals surface area contributed by atoms with Gasteiger partial charge in [0.15, 0.2) is 5.01 Å². The molecule has 0 aromatic carbocycles. The van der Waals surface area contributed by atoms with Gasteiger partial charge in [-0.2, -0.15) is 13.2 Å². The van der Waals surface area contributed by atoms with E-state index in [0.29, 0.717) is 28.8 Å². The Balaban J connectivity index is 1.46. The molecule has 1 aliphatic carbocycles. The predicted octanol–water partition coefficient (Wildman–Crippen LogP) is 3.90. The van der Waals surface area contributed by atoms with E-state index in [9.17, 15) is 27.9 Å². The Morgan fingerprint density at radius 2 is 1.83 bits per heavy atom. The number of halogens is 3. The minimum absolute atomic E-state index is 0.0672. The number of thiazole rings is 1. The Labute approximate surface area is 210 Å². The molecule has 8 nitrogen and oxygen atoms in total. The Morgan fingerprint density at radius 1 is 1.19 bits per heavy atom. The summed E-state index contributed by atoms with van der Waals surface area (Å²) in [5.41, 5.74) is 1.33. The highest BCUT2D eigenvalue weighted by Gasteiger charge is 2.44. The molecule has 0 radical (unpaired) electrons. The Bertz CT molecular complexity index is 1160. The van der Waals surface area contributed by atoms with Crippen LogP contribution in [0.1, 0.15) is 71.3 Å². The smallest absolute Gasteiger partial charge is 0.393 e. The quantitative estimate of drug-likeness (QED) is 0.530. The number of aliphatic hydroxyl groups excluding tert-OH is 1. The van der Waals surface area contributed by atoms with Gasteiger partial charge in [0.25, 0.3) is 11.8 Å². The number of pyridine rings is 1. The van der Waals surface area contributed by atoms with Gasteiger partial charge in [0.2, 0.25) is 0 Å². The zero-order chi connectivity index (χ0) is 25.8. The maximum atomic E-state index is 13.7. The highest BCUT2D eigenvalue weighted by molar-refractivity contribution is 7.17. The number of amides is 2. The Kier molecular flexibility index (Phi) is 6.44. The van der Waals surface area contributed by atoms with Crippen LogP contribution >= 0.6 is 11.3 Å². The van der Waals surface area contributed by atoms with E-state index in [1.807, 2.05) is 4.90 Å². The van der Waals surface area contributed by atoms with Crippen molar-refractivity contribution in [2.75, 3.05) is 5.32 Å². The summed E-state index contributed by atoms with van der Waals surface area (Å²) in [7, 11) is 0. The van der Waals surface area contributed by atoms with Crippen LogP contribution in [0.25, 0.3) is 10.4 Å². The van der Waals surface area contributed by atoms with Gasteiger partial charge < -0.3 is 20.6 Å². The molecule has 2 saturated heterocycles. The Hall–Kier alpha value is -2.73. The molecule has 2 aromatic heterocycles. The molecule has 1 atom stereocenters. The van der Waals surface area contributed by atoms with Crippen molar-refractivity contribution in [2.24, 2.45) is 0 Å². The summed E-state index contributed by atoms with van der Waals surface area (Å²) in [5.74, 6) is -0.571. The molecule has 3 aliphatic rings. The van der Waals surface area contributed by atoms with Gasteiger partial charge in [0, 0.05) is 29.9 Å². The van der Waals surface area contributed by atoms with Crippen molar-refractivity contribution in [3.05, 3.63) is 28.5 Å². The van der Waals surface area contributed by atoms with E-state index < -0.39 is 24.2 Å². The summed E-state index contributed by atoms with van der Waals surface area (Å²) >= 11 is 1.07. The molecule has 36 heavy (non-hydrogen) atoms. The number of aryl methyl sites for hydroxylation is 1. The van der Waals surface area contributed by atoms with E-state index in [2.05, 4.69) is 20.6 Å². The van der Waals surface area contributed by atoms with Crippen LogP contribution in [0.3, 0.4) is 0 Å². The lowest BCUT2D eigenvalue weighted by Crippen LogP contribution is -2.46. The number of nitrogens with zero attached hydrogens (tertiary/aromatic N) is 3. The number of rotatable bonds is 6. The van der Waals surface area contributed by atoms with Gasteiger partial charge in [0.1, 0.15) is 17.6 Å². The van der Waals surface area contributed by atoms with Crippen molar-refractivity contribution in [1.29, 1.82) is 0 Å². The maximum absolute atomic E-state index is 13.7. The number of nitrogens with one attached hydrogen (secondary N) is 2. The molecule has 5 rings (SSSR count). The van der Waals surface area contributed by atoms with E-state index in [-0.39, 0.29) is 40.6 Å². The van der Waals surface area contributed by atoms with Crippen molar-refractivity contribution >= 4 is 29.0 Å². The molecule has 2 aliphatic heterocycles. The molecule has 194 valence electrons. The number of hydrogen-bond donors (Lipinski definition) is 3. The first-order valence-electron chi connectivity index (χ1n) is 12.1. The monoisotopic (exact) mass is 523 g/mol. The first-order valence-corrected chi connectivity index (χ1v) is 13.0. The topological polar surface area (TPSA) is 107 Å². The van der Waals surface area contributed by atoms with Gasteiger partial charge in [-0.05, 0) is 64.0 Å². The molecule has 4 heterocycles. The van der Waals surface area contributed by atoms with Crippen molar-refractivity contribution in [3.63, 3.8) is 0 Å². The molecule has 0 unspecified atom stereocenters. The number of carbonyl (C=O) groups excluding carboxylic acids is 2. The van der Waals surface area contributed by atoms with Gasteiger partial charge in [0.05, 0.1) is 11.0 Å². The molecular weight excluding hydrogens is 495 g/mol. The zero-order valence-electron chi connectivity index (χ0n) is 19.9. The number of carbonyl (C=O) groups is 2. The highest BCUT2D eigenvalue weighted by Crippen LogP contribution is 2.41. The fourth-order valence-electron chi connectivity index (χ4n) is 5.24. The number of anilines is 1. The van der Waals surface area contributed by atoms with Crippen molar-refractivity contribution < 1.29 is 27.9 Å². The lowest BCUT2D eigenvalue weighted by Gasteiger charge is -2.31. The first kappa shape index (κ1) is 24.9. The average molecular weight is 524 g/mol. The summed E-state index contributed by atoms with van der Waals surface area (Å²) in [4.78, 5) is 37.5. The van der Waals surface area contributed by atoms with Gasteiger partial charge in [-0.15, -0.1) is 11.3 Å². The standard InChI is InChI=1S/C24H28F3N5O3S/c1-11-7-18(29-12(2)24(25,26)27)28-10-17(11)20-19(23(35)32-14-3-4-15(32)6-5-14)31-22(36-20)21(34)30-13-8-16(33)9-13/h7,10,12-16,33H,3-6,8-9H2,1-2H3,(H,28,29)(H,30,34)/t12-,13?,14?,15?,16?/m0/s1. The van der Waals surface area contributed by atoms with E-state index in [1.54, 1.807) is 6.92 Å². The molecule has 3 fully saturated rings. The zero-order valence-corrected chi connectivity index (χ0v) is 20.7. The van der Waals surface area contributed by atoms with Crippen LogP contribution in [0.15, 0.2) is 12.3 Å². The SMILES string of the molecule is Cc1cc(N[C@@H](C)C(F)(F)F)ncc1-c1sc(C(=O)NC2CC(O)C2)nc1C(=O)N1C2CCC1CC2. The van der Waals surface area contributed by atoms with Crippen LogP contribution in [-0.4, -0.2) is 68.2 Å². The molecule has 2 bridgehead atoms. The summed E-state index contributed by atoms with van der Waals surface area (Å²) in [6, 6.07) is -0.0823. The van der Waals surface area contributed by atoms with E-state index in [0.717, 1.165) is 43.9 Å². The second kappa shape index (κ2) is 9.29. The van der Waals surface area contributed by atoms with Crippen LogP contribution in [0.5, 0.6) is 0 Å². The van der Waals surface area contributed by atoms with Gasteiger partial charge in [-0.3, -0.25) is 9.59 Å². The molecule has 2 aromatic rings. The van der Waals surface area contributed by atoms with Crippen molar-refractivity contribution in [1.82, 2.24) is 20.2 Å². The van der Waals surface area contributed by atoms with Crippen molar-refractivity contribution in [3.8, 4) is 10.4 Å². The molecular formula is C24H28F3N5O3S. The van der Waals surface area contributed by atoms with Gasteiger partial charge >= 0.3 is 6.18 Å². The van der Waals surface area contributed by atoms with Crippen LogP contribution < -0.4 is 10.6 Å². The summed E-state index contributed by atoms with van der Waals surface area (Å²) in [5, 5.41) is 14.8. The third-order valence-corrected chi connectivity index (χ3v) is 8.46. The fraction of sp³-hybridized carbons (Fsp3) is 0.583. The number of alkyl halides is 3. The maximum Gasteiger partial charge on any atom is 0.408 e. The molecule has 3 N–H and O–H groups in total. The number of aromatic nitrogens is 2. The summed E-state index contributed by atoms with van der Waals surface area (Å²) in [6.07, 6.45) is 1.33. The van der Waals surface area contributed by atoms with Crippen LogP contribution in [0, 0.1) is 6.92 Å². The van der Waals surface area contributed by atoms with Crippen LogP contribution in [-0.2, 0) is 0 Å². The predicted molar refractivity (Wildman–Crippen MR) is 128 cm³/mol. The minimum Gasteiger partial charge on any atom is -0.393 e. The van der Waals surface area contributed by atoms with Crippen LogP contribution in [0.4, 0.5) is 19.0 Å². The second-order valence-corrected chi connectivity index (χ2v) is 11.0.